The Balaban J connectivity index is 1.49. The van der Waals surface area contributed by atoms with Crippen LogP contribution in [0.15, 0.2) is 52.6 Å². The number of hydrogen-bond donors (Lipinski definition) is 1. The number of carbonyl (C=O) groups excluding carboxylic acids is 1. The molecule has 188 valence electrons. The number of allylic oxidation sites excluding steroid dienone is 2. The lowest BCUT2D eigenvalue weighted by Gasteiger charge is -2.38. The number of benzene rings is 1. The number of ether oxygens (including phenoxy) is 1. The summed E-state index contributed by atoms with van der Waals surface area (Å²) in [6.45, 7) is 0.929. The van der Waals surface area contributed by atoms with Crippen LogP contribution < -0.4 is 5.32 Å². The summed E-state index contributed by atoms with van der Waals surface area (Å²) in [6.07, 6.45) is -3.29. The van der Waals surface area contributed by atoms with Crippen LogP contribution in [0.4, 0.5) is 26.3 Å². The quantitative estimate of drug-likeness (QED) is 0.588. The lowest BCUT2D eigenvalue weighted by Crippen LogP contribution is -2.45. The van der Waals surface area contributed by atoms with E-state index in [1.807, 2.05) is 0 Å². The summed E-state index contributed by atoms with van der Waals surface area (Å²) in [5, 5.41) is 6.21. The van der Waals surface area contributed by atoms with Gasteiger partial charge in [-0.1, -0.05) is 35.5 Å². The molecule has 1 aromatic carbocycles. The number of nitrogens with one attached hydrogen (secondary N) is 1. The van der Waals surface area contributed by atoms with Crippen molar-refractivity contribution in [3.8, 4) is 0 Å². The average molecular weight is 501 g/mol. The average Bonchev–Trinajstić information content (AvgIpc) is 3.34. The maximum atomic E-state index is 13.0. The van der Waals surface area contributed by atoms with E-state index in [2.05, 4.69) is 20.0 Å². The second-order valence-electron chi connectivity index (χ2n) is 8.47. The zero-order valence-electron chi connectivity index (χ0n) is 18.2. The van der Waals surface area contributed by atoms with E-state index in [0.29, 0.717) is 38.0 Å². The molecule has 1 atom stereocenters. The number of nitrogens with zero attached hydrogens (tertiary/aromatic N) is 2. The Morgan fingerprint density at radius 1 is 1.06 bits per heavy atom. The highest BCUT2D eigenvalue weighted by Gasteiger charge is 2.39. The molecule has 1 saturated heterocycles. The van der Waals surface area contributed by atoms with Crippen LogP contribution in [0.25, 0.3) is 0 Å². The molecule has 2 aliphatic rings. The van der Waals surface area contributed by atoms with Crippen molar-refractivity contribution >= 4 is 5.91 Å². The minimum absolute atomic E-state index is 0.150. The minimum atomic E-state index is -4.77. The lowest BCUT2D eigenvalue weighted by molar-refractivity contribution is -0.159. The highest BCUT2D eigenvalue weighted by atomic mass is 19.4. The van der Waals surface area contributed by atoms with Crippen molar-refractivity contribution in [3.63, 3.8) is 0 Å². The Labute approximate surface area is 196 Å². The monoisotopic (exact) mass is 501 g/mol. The van der Waals surface area contributed by atoms with Crippen molar-refractivity contribution in [2.75, 3.05) is 19.8 Å². The molecule has 0 radical (unpaired) electrons. The third-order valence-corrected chi connectivity index (χ3v) is 6.21. The summed E-state index contributed by atoms with van der Waals surface area (Å²) in [4.78, 5) is 16.3. The van der Waals surface area contributed by atoms with E-state index in [-0.39, 0.29) is 17.9 Å². The molecule has 1 aliphatic heterocycles. The van der Waals surface area contributed by atoms with Crippen LogP contribution in [0.2, 0.25) is 0 Å². The molecule has 2 aromatic rings. The first-order valence-corrected chi connectivity index (χ1v) is 10.8. The first-order valence-electron chi connectivity index (χ1n) is 10.8. The summed E-state index contributed by atoms with van der Waals surface area (Å²) in [6, 6.07) is 4.88. The van der Waals surface area contributed by atoms with Gasteiger partial charge in [-0.25, -0.2) is 0 Å². The van der Waals surface area contributed by atoms with Crippen molar-refractivity contribution in [2.24, 2.45) is 0 Å². The van der Waals surface area contributed by atoms with E-state index in [1.165, 1.54) is 18.2 Å². The van der Waals surface area contributed by atoms with E-state index >= 15 is 0 Å². The maximum Gasteiger partial charge on any atom is 0.471 e. The van der Waals surface area contributed by atoms with Gasteiger partial charge in [0.1, 0.15) is 0 Å². The molecule has 12 heteroatoms. The Morgan fingerprint density at radius 3 is 2.34 bits per heavy atom. The second-order valence-corrected chi connectivity index (χ2v) is 8.47. The Kier molecular flexibility index (Phi) is 6.76. The number of rotatable bonds is 5. The van der Waals surface area contributed by atoms with E-state index in [0.717, 1.165) is 12.1 Å². The van der Waals surface area contributed by atoms with Gasteiger partial charge >= 0.3 is 18.2 Å². The molecule has 6 nitrogen and oxygen atoms in total. The predicted molar refractivity (Wildman–Crippen MR) is 110 cm³/mol. The van der Waals surface area contributed by atoms with Crippen LogP contribution in [0.3, 0.4) is 0 Å². The molecular formula is C23H21F6N3O3. The summed E-state index contributed by atoms with van der Waals surface area (Å²) in [7, 11) is 0. The third-order valence-electron chi connectivity index (χ3n) is 6.21. The second kappa shape index (κ2) is 9.48. The number of halogens is 6. The normalized spacial score (nSPS) is 20.4. The van der Waals surface area contributed by atoms with E-state index in [4.69, 9.17) is 4.74 Å². The summed E-state index contributed by atoms with van der Waals surface area (Å²) in [5.41, 5.74) is -0.502. The molecule has 35 heavy (non-hydrogen) atoms. The van der Waals surface area contributed by atoms with Crippen LogP contribution in [0.5, 0.6) is 0 Å². The van der Waals surface area contributed by atoms with Crippen molar-refractivity contribution in [3.05, 3.63) is 70.9 Å². The van der Waals surface area contributed by atoms with Gasteiger partial charge in [0.2, 0.25) is 0 Å². The fraction of sp³-hybridized carbons (Fsp3) is 0.435. The number of amides is 1. The predicted octanol–water partition coefficient (Wildman–Crippen LogP) is 4.94. The van der Waals surface area contributed by atoms with Gasteiger partial charge in [-0.2, -0.15) is 31.3 Å². The minimum Gasteiger partial charge on any atom is -0.381 e. The molecule has 1 fully saturated rings. The van der Waals surface area contributed by atoms with Crippen LogP contribution in [0, 0.1) is 0 Å². The molecule has 1 unspecified atom stereocenters. The summed E-state index contributed by atoms with van der Waals surface area (Å²) >= 11 is 0. The van der Waals surface area contributed by atoms with E-state index in [1.54, 1.807) is 12.2 Å². The largest absolute Gasteiger partial charge is 0.471 e. The first-order chi connectivity index (χ1) is 16.5. The van der Waals surface area contributed by atoms with Gasteiger partial charge < -0.3 is 14.6 Å². The van der Waals surface area contributed by atoms with Gasteiger partial charge in [0.25, 0.3) is 5.91 Å². The van der Waals surface area contributed by atoms with Gasteiger partial charge in [0.05, 0.1) is 5.56 Å². The fourth-order valence-corrected chi connectivity index (χ4v) is 4.21. The van der Waals surface area contributed by atoms with Crippen molar-refractivity contribution in [1.82, 2.24) is 15.5 Å². The Bertz CT molecular complexity index is 1110. The van der Waals surface area contributed by atoms with Gasteiger partial charge in [-0.15, -0.1) is 0 Å². The molecule has 4 rings (SSSR count). The van der Waals surface area contributed by atoms with Crippen molar-refractivity contribution < 1.29 is 40.4 Å². The highest BCUT2D eigenvalue weighted by Crippen LogP contribution is 2.37. The molecule has 0 bridgehead atoms. The molecule has 0 saturated carbocycles. The number of aromatic nitrogens is 2. The Hall–Kier alpha value is -3.15. The number of alkyl halides is 6. The molecule has 0 spiro atoms. The van der Waals surface area contributed by atoms with Crippen LogP contribution >= 0.6 is 0 Å². The van der Waals surface area contributed by atoms with Crippen molar-refractivity contribution in [2.45, 2.75) is 42.9 Å². The fourth-order valence-electron chi connectivity index (χ4n) is 4.21. The van der Waals surface area contributed by atoms with Gasteiger partial charge in [-0.3, -0.25) is 4.79 Å². The number of hydrogen-bond acceptors (Lipinski definition) is 5. The van der Waals surface area contributed by atoms with Gasteiger partial charge in [0.15, 0.2) is 5.82 Å². The smallest absolute Gasteiger partial charge is 0.381 e. The summed E-state index contributed by atoms with van der Waals surface area (Å²) < 4.78 is 86.9. The van der Waals surface area contributed by atoms with Crippen LogP contribution in [0.1, 0.15) is 48.0 Å². The van der Waals surface area contributed by atoms with E-state index in [9.17, 15) is 31.1 Å². The summed E-state index contributed by atoms with van der Waals surface area (Å²) in [5.74, 6) is -2.78. The zero-order valence-corrected chi connectivity index (χ0v) is 18.2. The third kappa shape index (κ3) is 5.58. The Morgan fingerprint density at radius 2 is 1.74 bits per heavy atom. The molecule has 2 heterocycles. The molecule has 1 aliphatic carbocycles. The lowest BCUT2D eigenvalue weighted by atomic mass is 9.74. The van der Waals surface area contributed by atoms with Crippen molar-refractivity contribution in [1.29, 1.82) is 0 Å². The SMILES string of the molecule is O=C(NCC1(c2ccc(C(F)(F)F)cc2)CCOCC1)C1=CC(c2noc(C(F)(F)F)n2)CC=C1. The number of carbonyl (C=O) groups is 1. The topological polar surface area (TPSA) is 77.2 Å². The molecular weight excluding hydrogens is 480 g/mol. The van der Waals surface area contributed by atoms with Crippen LogP contribution in [-0.2, 0) is 27.3 Å². The zero-order chi connectivity index (χ0) is 25.3. The van der Waals surface area contributed by atoms with E-state index < -0.39 is 41.0 Å². The standard InChI is InChI=1S/C23H21F6N3O3/c24-22(25,26)17-6-4-16(5-7-17)21(8-10-34-11-9-21)13-30-19(33)15-3-1-2-14(12-15)18-31-20(35-32-18)23(27,28)29/h1,3-7,12,14H,2,8-11,13H2,(H,30,33). The van der Waals surface area contributed by atoms with Crippen LogP contribution in [-0.4, -0.2) is 35.8 Å². The maximum absolute atomic E-state index is 13.0. The molecule has 1 N–H and O–H groups in total. The molecule has 1 amide bonds. The van der Waals surface area contributed by atoms with Gasteiger partial charge in [0, 0.05) is 36.7 Å². The van der Waals surface area contributed by atoms with Gasteiger partial charge in [-0.05, 0) is 37.0 Å². The highest BCUT2D eigenvalue weighted by molar-refractivity contribution is 5.96. The first kappa shape index (κ1) is 25.0. The molecule has 1 aromatic heterocycles.